The van der Waals surface area contributed by atoms with Gasteiger partial charge in [-0.1, -0.05) is 127 Å². The molecule has 6 heterocycles. The van der Waals surface area contributed by atoms with E-state index in [1.165, 1.54) is 30.9 Å². The van der Waals surface area contributed by atoms with E-state index < -0.39 is 0 Å². The largest absolute Gasteiger partial charge is 0.294 e. The van der Waals surface area contributed by atoms with Crippen molar-refractivity contribution in [1.29, 1.82) is 0 Å². The average Bonchev–Trinajstić information content (AvgIpc) is 4.01. The normalized spacial score (nSPS) is 11.8. The number of benzene rings is 7. The van der Waals surface area contributed by atoms with E-state index in [1.807, 2.05) is 12.3 Å². The van der Waals surface area contributed by atoms with Crippen molar-refractivity contribution in [3.05, 3.63) is 212 Å². The minimum Gasteiger partial charge on any atom is -0.294 e. The highest BCUT2D eigenvalue weighted by Gasteiger charge is 2.19. The maximum Gasteiger partial charge on any atom is 0.138 e. The molecule has 0 aliphatic heterocycles. The summed E-state index contributed by atoms with van der Waals surface area (Å²) in [7, 11) is 0. The van der Waals surface area contributed by atoms with Crippen LogP contribution in [0.5, 0.6) is 0 Å². The van der Waals surface area contributed by atoms with E-state index in [0.29, 0.717) is 0 Å². The summed E-state index contributed by atoms with van der Waals surface area (Å²) >= 11 is 1.78. The summed E-state index contributed by atoms with van der Waals surface area (Å²) in [5, 5.41) is 5.91. The van der Waals surface area contributed by atoms with Crippen LogP contribution in [0.2, 0.25) is 0 Å². The summed E-state index contributed by atoms with van der Waals surface area (Å²) in [6.07, 6.45) is 1.87. The molecule has 63 heavy (non-hydrogen) atoms. The molecule has 0 saturated carbocycles. The molecule has 0 spiro atoms. The Labute approximate surface area is 366 Å². The van der Waals surface area contributed by atoms with Gasteiger partial charge < -0.3 is 0 Å². The van der Waals surface area contributed by atoms with Crippen LogP contribution in [0.15, 0.2) is 212 Å². The van der Waals surface area contributed by atoms with Gasteiger partial charge in [0.25, 0.3) is 0 Å². The summed E-state index contributed by atoms with van der Waals surface area (Å²) in [5.74, 6) is 1.76. The first kappa shape index (κ1) is 35.6. The van der Waals surface area contributed by atoms with Crippen molar-refractivity contribution in [2.75, 3.05) is 0 Å². The molecule has 0 atom stereocenters. The number of thiophene rings is 1. The lowest BCUT2D eigenvalue weighted by atomic mass is 10.0. The second-order valence-electron chi connectivity index (χ2n) is 16.0. The Bertz CT molecular complexity index is 3860. The lowest BCUT2D eigenvalue weighted by Gasteiger charge is -2.13. The Balaban J connectivity index is 0.961. The molecule has 13 rings (SSSR count). The first-order valence-corrected chi connectivity index (χ1v) is 22.0. The van der Waals surface area contributed by atoms with Gasteiger partial charge in [0.2, 0.25) is 0 Å². The van der Waals surface area contributed by atoms with E-state index in [2.05, 4.69) is 209 Å². The van der Waals surface area contributed by atoms with Crippen LogP contribution in [0.25, 0.3) is 120 Å². The topological polar surface area (TPSA) is 48.5 Å². The van der Waals surface area contributed by atoms with Crippen LogP contribution in [0.3, 0.4) is 0 Å². The molecule has 0 unspecified atom stereocenters. The van der Waals surface area contributed by atoms with Crippen LogP contribution >= 0.6 is 11.3 Å². The van der Waals surface area contributed by atoms with Crippen LogP contribution < -0.4 is 0 Å². The van der Waals surface area contributed by atoms with Crippen LogP contribution in [0.1, 0.15) is 0 Å². The van der Waals surface area contributed by atoms with E-state index >= 15 is 0 Å². The molecule has 0 saturated heterocycles. The van der Waals surface area contributed by atoms with Gasteiger partial charge in [-0.15, -0.1) is 11.3 Å². The van der Waals surface area contributed by atoms with E-state index in [4.69, 9.17) is 15.0 Å². The average molecular weight is 822 g/mol. The number of fused-ring (bicyclic) bond motifs is 9. The second-order valence-corrected chi connectivity index (χ2v) is 17.1. The fourth-order valence-corrected chi connectivity index (χ4v) is 10.5. The van der Waals surface area contributed by atoms with Gasteiger partial charge in [0.1, 0.15) is 11.6 Å². The van der Waals surface area contributed by atoms with Gasteiger partial charge in [-0.3, -0.25) is 14.1 Å². The molecule has 0 aliphatic rings. The van der Waals surface area contributed by atoms with Gasteiger partial charge in [0, 0.05) is 49.0 Å². The zero-order chi connectivity index (χ0) is 41.4. The van der Waals surface area contributed by atoms with Gasteiger partial charge in [-0.2, -0.15) is 0 Å². The Hall–Kier alpha value is -8.19. The molecule has 0 fully saturated rings. The SMILES string of the molecule is c1ccc(-c2cc(-c3ccccc3)nc(-n3c4ccccc4c4ccc(-c5ccc6c(c5)c5ccccc5n6-c5cccc(-c6ccc7sc8cccnc8c7c6)n5)cc43)c2)cc1. The number of pyridine rings is 3. The van der Waals surface area contributed by atoms with Gasteiger partial charge in [-0.05, 0) is 101 Å². The second kappa shape index (κ2) is 14.2. The zero-order valence-corrected chi connectivity index (χ0v) is 34.7. The highest BCUT2D eigenvalue weighted by molar-refractivity contribution is 7.25. The van der Waals surface area contributed by atoms with E-state index in [0.717, 1.165) is 89.4 Å². The molecule has 6 aromatic heterocycles. The molecule has 0 aliphatic carbocycles. The molecule has 0 amide bonds. The van der Waals surface area contributed by atoms with Gasteiger partial charge in [-0.25, -0.2) is 9.97 Å². The minimum atomic E-state index is 0.880. The molecule has 0 bridgehead atoms. The van der Waals surface area contributed by atoms with E-state index in [-0.39, 0.29) is 0 Å². The first-order valence-electron chi connectivity index (χ1n) is 21.2. The standard InChI is InChI=1S/C57H35N5S/c1-3-13-36(14-4-1)41-33-48(37-15-5-2-6-16-37)60-56(35-41)62-49-20-9-7-17-42(49)44-27-24-39(34-52(44)62)38-25-28-51-45(31-38)43-18-8-10-21-50(43)61(51)55-23-11-19-47(59-55)40-26-29-53-46(32-40)57-54(63-53)22-12-30-58-57/h1-35H. The maximum absolute atomic E-state index is 5.38. The predicted molar refractivity (Wildman–Crippen MR) is 263 cm³/mol. The predicted octanol–water partition coefficient (Wildman–Crippen LogP) is 15.1. The van der Waals surface area contributed by atoms with E-state index in [1.54, 1.807) is 11.3 Å². The maximum atomic E-state index is 5.38. The third-order valence-corrected chi connectivity index (χ3v) is 13.5. The molecule has 5 nitrogen and oxygen atoms in total. The lowest BCUT2D eigenvalue weighted by molar-refractivity contribution is 1.08. The quantitative estimate of drug-likeness (QED) is 0.168. The van der Waals surface area contributed by atoms with Gasteiger partial charge in [0.05, 0.1) is 43.7 Å². The number of rotatable bonds is 6. The Morgan fingerprint density at radius 3 is 1.78 bits per heavy atom. The smallest absolute Gasteiger partial charge is 0.138 e. The molecular weight excluding hydrogens is 787 g/mol. The molecule has 7 aromatic carbocycles. The molecule has 0 N–H and O–H groups in total. The highest BCUT2D eigenvalue weighted by atomic mass is 32.1. The summed E-state index contributed by atoms with van der Waals surface area (Å²) in [6.45, 7) is 0. The summed E-state index contributed by atoms with van der Waals surface area (Å²) < 4.78 is 7.06. The number of aromatic nitrogens is 5. The molecule has 0 radical (unpaired) electrons. The fraction of sp³-hybridized carbons (Fsp3) is 0. The van der Waals surface area contributed by atoms with Crippen LogP contribution in [-0.4, -0.2) is 24.1 Å². The lowest BCUT2D eigenvalue weighted by Crippen LogP contribution is -2.00. The van der Waals surface area contributed by atoms with Crippen molar-refractivity contribution in [2.45, 2.75) is 0 Å². The van der Waals surface area contributed by atoms with Crippen molar-refractivity contribution in [3.63, 3.8) is 0 Å². The van der Waals surface area contributed by atoms with Crippen LogP contribution in [0.4, 0.5) is 0 Å². The van der Waals surface area contributed by atoms with Crippen LogP contribution in [-0.2, 0) is 0 Å². The highest BCUT2D eigenvalue weighted by Crippen LogP contribution is 2.40. The van der Waals surface area contributed by atoms with Crippen LogP contribution in [0, 0.1) is 0 Å². The number of hydrogen-bond donors (Lipinski definition) is 0. The van der Waals surface area contributed by atoms with Crippen molar-refractivity contribution in [1.82, 2.24) is 24.1 Å². The molecule has 294 valence electrons. The Kier molecular flexibility index (Phi) is 8.01. The summed E-state index contributed by atoms with van der Waals surface area (Å²) in [4.78, 5) is 15.4. The molecular formula is C57H35N5S. The summed E-state index contributed by atoms with van der Waals surface area (Å²) in [6, 6.07) is 73.6. The number of para-hydroxylation sites is 2. The molecule has 13 aromatic rings. The monoisotopic (exact) mass is 821 g/mol. The Morgan fingerprint density at radius 2 is 0.952 bits per heavy atom. The molecule has 6 heteroatoms. The first-order chi connectivity index (χ1) is 31.2. The van der Waals surface area contributed by atoms with Crippen molar-refractivity contribution in [3.8, 4) is 56.4 Å². The van der Waals surface area contributed by atoms with Crippen molar-refractivity contribution < 1.29 is 0 Å². The van der Waals surface area contributed by atoms with Gasteiger partial charge in [0.15, 0.2) is 0 Å². The minimum absolute atomic E-state index is 0.880. The Morgan fingerprint density at radius 1 is 0.317 bits per heavy atom. The van der Waals surface area contributed by atoms with E-state index in [9.17, 15) is 0 Å². The summed E-state index contributed by atoms with van der Waals surface area (Å²) in [5.41, 5.74) is 14.1. The number of hydrogen-bond acceptors (Lipinski definition) is 4. The van der Waals surface area contributed by atoms with Crippen molar-refractivity contribution in [2.24, 2.45) is 0 Å². The fourth-order valence-electron chi connectivity index (χ4n) is 9.45. The van der Waals surface area contributed by atoms with Gasteiger partial charge >= 0.3 is 0 Å². The van der Waals surface area contributed by atoms with Crippen molar-refractivity contribution >= 4 is 75.3 Å². The third kappa shape index (κ3) is 5.80. The zero-order valence-electron chi connectivity index (χ0n) is 33.9. The third-order valence-electron chi connectivity index (χ3n) is 12.4. The number of nitrogens with zero attached hydrogens (tertiary/aromatic N) is 5.